The van der Waals surface area contributed by atoms with Crippen LogP contribution in [0.1, 0.15) is 30.9 Å². The Hall–Kier alpha value is -2.68. The summed E-state index contributed by atoms with van der Waals surface area (Å²) in [4.78, 5) is 16.1. The molecular formula is C24H25F2N3O2S. The van der Waals surface area contributed by atoms with Gasteiger partial charge in [0.05, 0.1) is 12.1 Å². The fraction of sp³-hybridized carbons (Fsp3) is 0.333. The van der Waals surface area contributed by atoms with Gasteiger partial charge in [-0.15, -0.1) is 11.3 Å². The fourth-order valence-corrected chi connectivity index (χ4v) is 4.76. The molecule has 1 aliphatic carbocycles. The van der Waals surface area contributed by atoms with E-state index in [1.165, 1.54) is 19.1 Å². The largest absolute Gasteiger partial charge is 0.390 e. The highest BCUT2D eigenvalue weighted by atomic mass is 32.1. The van der Waals surface area contributed by atoms with Crippen molar-refractivity contribution in [1.29, 1.82) is 0 Å². The molecule has 8 heteroatoms. The van der Waals surface area contributed by atoms with E-state index in [1.54, 1.807) is 17.5 Å². The minimum Gasteiger partial charge on any atom is -0.390 e. The Morgan fingerprint density at radius 1 is 1.22 bits per heavy atom. The van der Waals surface area contributed by atoms with E-state index in [1.807, 2.05) is 23.6 Å². The molecule has 1 heterocycles. The van der Waals surface area contributed by atoms with E-state index >= 15 is 0 Å². The predicted molar refractivity (Wildman–Crippen MR) is 120 cm³/mol. The lowest BCUT2D eigenvalue weighted by Crippen LogP contribution is -2.49. The van der Waals surface area contributed by atoms with Gasteiger partial charge in [-0.2, -0.15) is 0 Å². The summed E-state index contributed by atoms with van der Waals surface area (Å²) in [5.74, 6) is -1.70. The first-order valence-electron chi connectivity index (χ1n) is 10.5. The molecule has 0 spiro atoms. The van der Waals surface area contributed by atoms with E-state index in [0.29, 0.717) is 5.56 Å². The Bertz CT molecular complexity index is 1070. The first-order chi connectivity index (χ1) is 15.4. The summed E-state index contributed by atoms with van der Waals surface area (Å²) >= 11 is 1.58. The molecule has 0 radical (unpaired) electrons. The molecule has 168 valence electrons. The molecule has 1 saturated carbocycles. The third kappa shape index (κ3) is 5.20. The minimum atomic E-state index is -0.949. The Labute approximate surface area is 189 Å². The fourth-order valence-electron chi connectivity index (χ4n) is 4.08. The van der Waals surface area contributed by atoms with Gasteiger partial charge in [-0.25, -0.2) is 13.8 Å². The van der Waals surface area contributed by atoms with Gasteiger partial charge >= 0.3 is 0 Å². The lowest BCUT2D eigenvalue weighted by Gasteiger charge is -2.27. The summed E-state index contributed by atoms with van der Waals surface area (Å²) in [5.41, 5.74) is 2.30. The number of halogens is 2. The maximum Gasteiger partial charge on any atom is 0.217 e. The smallest absolute Gasteiger partial charge is 0.217 e. The zero-order chi connectivity index (χ0) is 22.7. The third-order valence-corrected chi connectivity index (χ3v) is 6.54. The highest BCUT2D eigenvalue weighted by Gasteiger charge is 2.46. The third-order valence-electron chi connectivity index (χ3n) is 5.74. The molecule has 0 aliphatic heterocycles. The summed E-state index contributed by atoms with van der Waals surface area (Å²) in [6.07, 6.45) is 2.78. The summed E-state index contributed by atoms with van der Waals surface area (Å²) < 4.78 is 27.2. The second kappa shape index (κ2) is 9.44. The Morgan fingerprint density at radius 2 is 1.94 bits per heavy atom. The van der Waals surface area contributed by atoms with Gasteiger partial charge in [0.15, 0.2) is 0 Å². The van der Waals surface area contributed by atoms with Crippen molar-refractivity contribution < 1.29 is 18.7 Å². The number of carbonyl (C=O) groups is 1. The lowest BCUT2D eigenvalue weighted by molar-refractivity contribution is -0.120. The molecular weight excluding hydrogens is 432 g/mol. The SMILES string of the molecule is CC(=O)NC(Cc1cc(F)cc(F)c1)C(O)CNC1(c2ccccc2-c2nccs2)CC1. The highest BCUT2D eigenvalue weighted by Crippen LogP contribution is 2.49. The number of aliphatic hydroxyl groups excluding tert-OH is 1. The molecule has 1 fully saturated rings. The summed E-state index contributed by atoms with van der Waals surface area (Å²) in [6.45, 7) is 1.57. The van der Waals surface area contributed by atoms with Gasteiger partial charge in [0.2, 0.25) is 5.91 Å². The maximum absolute atomic E-state index is 13.6. The molecule has 2 unspecified atom stereocenters. The molecule has 1 aliphatic rings. The molecule has 2 atom stereocenters. The first kappa shape index (κ1) is 22.5. The summed E-state index contributed by atoms with van der Waals surface area (Å²) in [7, 11) is 0. The van der Waals surface area contributed by atoms with Crippen molar-refractivity contribution in [3.8, 4) is 10.6 Å². The Kier molecular flexibility index (Phi) is 6.64. The Morgan fingerprint density at radius 3 is 2.56 bits per heavy atom. The molecule has 1 aromatic heterocycles. The topological polar surface area (TPSA) is 74.2 Å². The Balaban J connectivity index is 1.49. The quantitative estimate of drug-likeness (QED) is 0.457. The van der Waals surface area contributed by atoms with E-state index in [0.717, 1.165) is 35.0 Å². The van der Waals surface area contributed by atoms with E-state index in [9.17, 15) is 18.7 Å². The van der Waals surface area contributed by atoms with Crippen LogP contribution >= 0.6 is 11.3 Å². The number of carbonyl (C=O) groups excluding carboxylic acids is 1. The van der Waals surface area contributed by atoms with Crippen molar-refractivity contribution in [2.24, 2.45) is 0 Å². The van der Waals surface area contributed by atoms with Crippen LogP contribution in [-0.4, -0.2) is 34.7 Å². The van der Waals surface area contributed by atoms with Crippen molar-refractivity contribution in [2.75, 3.05) is 6.54 Å². The van der Waals surface area contributed by atoms with Gasteiger partial charge in [-0.1, -0.05) is 24.3 Å². The number of thiazole rings is 1. The number of hydrogen-bond acceptors (Lipinski definition) is 5. The standard InChI is InChI=1S/C24H25F2N3O2S/c1-15(30)29-21(12-16-10-17(25)13-18(26)11-16)22(31)14-28-24(6-7-24)20-5-3-2-4-19(20)23-27-8-9-32-23/h2-5,8-11,13,21-22,28,31H,6-7,12,14H2,1H3,(H,29,30). The zero-order valence-corrected chi connectivity index (χ0v) is 18.5. The molecule has 2 aromatic carbocycles. The van der Waals surface area contributed by atoms with Crippen LogP contribution in [0.4, 0.5) is 8.78 Å². The number of rotatable bonds is 9. The van der Waals surface area contributed by atoms with Crippen LogP contribution in [0.5, 0.6) is 0 Å². The van der Waals surface area contributed by atoms with Crippen LogP contribution in [0.3, 0.4) is 0 Å². The van der Waals surface area contributed by atoms with Crippen molar-refractivity contribution in [3.05, 3.63) is 76.8 Å². The molecule has 3 aromatic rings. The average Bonchev–Trinajstić information content (AvgIpc) is 3.33. The predicted octanol–water partition coefficient (Wildman–Crippen LogP) is 3.78. The number of aromatic nitrogens is 1. The molecule has 1 amide bonds. The molecule has 32 heavy (non-hydrogen) atoms. The highest BCUT2D eigenvalue weighted by molar-refractivity contribution is 7.13. The van der Waals surface area contributed by atoms with Crippen molar-refractivity contribution in [1.82, 2.24) is 15.6 Å². The van der Waals surface area contributed by atoms with Crippen molar-refractivity contribution in [2.45, 2.75) is 43.9 Å². The van der Waals surface area contributed by atoms with Gasteiger partial charge in [-0.05, 0) is 42.5 Å². The number of amides is 1. The van der Waals surface area contributed by atoms with Gasteiger partial charge in [0.1, 0.15) is 16.6 Å². The number of benzene rings is 2. The average molecular weight is 458 g/mol. The molecule has 5 nitrogen and oxygen atoms in total. The first-order valence-corrected chi connectivity index (χ1v) is 11.4. The number of nitrogens with zero attached hydrogens (tertiary/aromatic N) is 1. The number of nitrogens with one attached hydrogen (secondary N) is 2. The van der Waals surface area contributed by atoms with Gasteiger partial charge in [0, 0.05) is 42.2 Å². The van der Waals surface area contributed by atoms with E-state index in [2.05, 4.69) is 21.7 Å². The molecule has 3 N–H and O–H groups in total. The van der Waals surface area contributed by atoms with Gasteiger partial charge in [0.25, 0.3) is 0 Å². The zero-order valence-electron chi connectivity index (χ0n) is 17.6. The molecule has 0 saturated heterocycles. The van der Waals surface area contributed by atoms with Crippen LogP contribution in [0.15, 0.2) is 54.0 Å². The summed E-state index contributed by atoms with van der Waals surface area (Å²) in [6, 6.07) is 10.6. The second-order valence-electron chi connectivity index (χ2n) is 8.20. The van der Waals surface area contributed by atoms with Crippen LogP contribution in [-0.2, 0) is 16.8 Å². The number of aliphatic hydroxyl groups is 1. The monoisotopic (exact) mass is 457 g/mol. The van der Waals surface area contributed by atoms with Crippen LogP contribution in [0.2, 0.25) is 0 Å². The number of hydrogen-bond donors (Lipinski definition) is 3. The van der Waals surface area contributed by atoms with Crippen LogP contribution in [0, 0.1) is 11.6 Å². The molecule has 0 bridgehead atoms. The van der Waals surface area contributed by atoms with Crippen LogP contribution in [0.25, 0.3) is 10.6 Å². The van der Waals surface area contributed by atoms with Gasteiger partial charge < -0.3 is 15.7 Å². The summed E-state index contributed by atoms with van der Waals surface area (Å²) in [5, 5.41) is 20.0. The van der Waals surface area contributed by atoms with Gasteiger partial charge in [-0.3, -0.25) is 4.79 Å². The van der Waals surface area contributed by atoms with Crippen LogP contribution < -0.4 is 10.6 Å². The molecule has 4 rings (SSSR count). The normalized spacial score (nSPS) is 16.4. The van der Waals surface area contributed by atoms with E-state index in [-0.39, 0.29) is 24.4 Å². The van der Waals surface area contributed by atoms with E-state index < -0.39 is 23.8 Å². The lowest BCUT2D eigenvalue weighted by atomic mass is 9.97. The second-order valence-corrected chi connectivity index (χ2v) is 9.10. The van der Waals surface area contributed by atoms with E-state index in [4.69, 9.17) is 0 Å². The minimum absolute atomic E-state index is 0.111. The van der Waals surface area contributed by atoms with Crippen molar-refractivity contribution in [3.63, 3.8) is 0 Å². The maximum atomic E-state index is 13.6. The van der Waals surface area contributed by atoms with Crippen molar-refractivity contribution >= 4 is 17.2 Å².